The van der Waals surface area contributed by atoms with E-state index < -0.39 is 0 Å². The monoisotopic (exact) mass is 517 g/mol. The van der Waals surface area contributed by atoms with Crippen LogP contribution < -0.4 is 14.1 Å². The number of rotatable bonds is 0. The molecule has 0 radical (unpaired) electrons. The minimum absolute atomic E-state index is 0. The molecular weight excluding hydrogens is 500 g/mol. The number of benzene rings is 3. The van der Waals surface area contributed by atoms with Crippen molar-refractivity contribution in [3.8, 4) is 11.1 Å². The van der Waals surface area contributed by atoms with Gasteiger partial charge in [0.2, 0.25) is 0 Å². The molecule has 0 saturated heterocycles. The van der Waals surface area contributed by atoms with Crippen LogP contribution in [-0.4, -0.2) is 0 Å². The fourth-order valence-corrected chi connectivity index (χ4v) is 3.07. The first-order chi connectivity index (χ1) is 10.9. The van der Waals surface area contributed by atoms with Gasteiger partial charge in [0.15, 0.2) is 0 Å². The van der Waals surface area contributed by atoms with Gasteiger partial charge in [-0.1, -0.05) is 41.5 Å². The summed E-state index contributed by atoms with van der Waals surface area (Å²) in [5.41, 5.74) is 5.51. The second kappa shape index (κ2) is 10.8. The first-order valence-electron chi connectivity index (χ1n) is 7.60. The molecule has 0 nitrogen and oxygen atoms in total. The molecular formula is C22H16F3Hf-5. The van der Waals surface area contributed by atoms with Gasteiger partial charge in [0, 0.05) is 25.8 Å². The Morgan fingerprint density at radius 2 is 1.42 bits per heavy atom. The number of hydrogen-bond acceptors (Lipinski definition) is 0. The Balaban J connectivity index is 0.000000436. The Kier molecular flexibility index (Phi) is 9.96. The van der Waals surface area contributed by atoms with Crippen LogP contribution >= 0.6 is 0 Å². The molecule has 5 rings (SSSR count). The number of hydrogen-bond donors (Lipinski definition) is 0. The van der Waals surface area contributed by atoms with Crippen molar-refractivity contribution in [2.45, 2.75) is 6.42 Å². The molecule has 0 amide bonds. The summed E-state index contributed by atoms with van der Waals surface area (Å²) in [7, 11) is 0. The average molecular weight is 516 g/mol. The van der Waals surface area contributed by atoms with Gasteiger partial charge in [0.1, 0.15) is 0 Å². The average Bonchev–Trinajstić information content (AvgIpc) is 3.19. The van der Waals surface area contributed by atoms with E-state index in [9.17, 15) is 0 Å². The van der Waals surface area contributed by atoms with Gasteiger partial charge in [-0.25, -0.2) is 0 Å². The van der Waals surface area contributed by atoms with Crippen LogP contribution in [0.25, 0.3) is 21.9 Å². The van der Waals surface area contributed by atoms with Crippen LogP contribution in [0.5, 0.6) is 0 Å². The first-order valence-corrected chi connectivity index (χ1v) is 7.60. The van der Waals surface area contributed by atoms with Crippen molar-refractivity contribution < 1.29 is 40.0 Å². The molecule has 4 aromatic rings. The third kappa shape index (κ3) is 4.76. The maximum absolute atomic E-state index is 3.30. The molecule has 134 valence electrons. The molecule has 0 aromatic heterocycles. The maximum atomic E-state index is 3.30. The number of fused-ring (bicyclic) bond motifs is 4. The largest absolute Gasteiger partial charge is 1.00 e. The minimum Gasteiger partial charge on any atom is -1.00 e. The summed E-state index contributed by atoms with van der Waals surface area (Å²) in [4.78, 5) is 0. The van der Waals surface area contributed by atoms with Crippen molar-refractivity contribution >= 4 is 10.8 Å². The second-order valence-corrected chi connectivity index (χ2v) is 5.55. The van der Waals surface area contributed by atoms with E-state index >= 15 is 0 Å². The number of halogens is 3. The molecule has 4 heteroatoms. The SMILES string of the molecule is [F-].[F-].[F-].[Hf].[c-]1cccc2c1Cc1ccccc1-2.c1ccc2[cH-]ccc2c1. The van der Waals surface area contributed by atoms with Gasteiger partial charge < -0.3 is 14.1 Å². The van der Waals surface area contributed by atoms with Gasteiger partial charge in [-0.05, 0) is 6.42 Å². The molecule has 0 aliphatic heterocycles. The summed E-state index contributed by atoms with van der Waals surface area (Å²) in [5.74, 6) is 0. The zero-order valence-electron chi connectivity index (χ0n) is 13.9. The van der Waals surface area contributed by atoms with Crippen LogP contribution in [0, 0.1) is 6.07 Å². The molecule has 0 unspecified atom stereocenters. The third-order valence-electron chi connectivity index (χ3n) is 4.16. The summed E-state index contributed by atoms with van der Waals surface area (Å²) >= 11 is 0. The van der Waals surface area contributed by atoms with E-state index in [1.54, 1.807) is 0 Å². The Bertz CT molecular complexity index is 857. The molecule has 0 N–H and O–H groups in total. The zero-order valence-corrected chi connectivity index (χ0v) is 17.5. The van der Waals surface area contributed by atoms with Crippen LogP contribution in [-0.2, 0) is 32.3 Å². The summed E-state index contributed by atoms with van der Waals surface area (Å²) in [6.07, 6.45) is 1.05. The van der Waals surface area contributed by atoms with E-state index in [1.807, 2.05) is 6.07 Å². The molecule has 26 heavy (non-hydrogen) atoms. The zero-order chi connectivity index (χ0) is 14.8. The van der Waals surface area contributed by atoms with Gasteiger partial charge >= 0.3 is 0 Å². The molecule has 0 spiro atoms. The first kappa shape index (κ1) is 23.9. The second-order valence-electron chi connectivity index (χ2n) is 5.55. The van der Waals surface area contributed by atoms with Crippen molar-refractivity contribution in [2.75, 3.05) is 0 Å². The van der Waals surface area contributed by atoms with Crippen LogP contribution in [0.4, 0.5) is 0 Å². The Morgan fingerprint density at radius 1 is 0.731 bits per heavy atom. The topological polar surface area (TPSA) is 0 Å². The summed E-state index contributed by atoms with van der Waals surface area (Å²) < 4.78 is 0. The quantitative estimate of drug-likeness (QED) is 0.149. The van der Waals surface area contributed by atoms with Crippen LogP contribution in [0.15, 0.2) is 84.9 Å². The molecule has 4 aromatic carbocycles. The molecule has 0 atom stereocenters. The molecule has 0 saturated carbocycles. The van der Waals surface area contributed by atoms with Crippen LogP contribution in [0.2, 0.25) is 0 Å². The molecule has 0 bridgehead atoms. The Morgan fingerprint density at radius 3 is 2.23 bits per heavy atom. The van der Waals surface area contributed by atoms with E-state index in [0.717, 1.165) is 6.42 Å². The molecule has 1 aliphatic rings. The standard InChI is InChI=1S/C13H9.C9H7.3FH.Hf/c1-3-7-12-10(5-1)9-11-6-2-4-8-13(11)12;1-2-5-9-7-3-6-8(9)4-1;;;;/h1-5,7-8H,9H2;1-7H;3*1H;/q2*-1;;;;/p-3. The fraction of sp³-hybridized carbons (Fsp3) is 0.0455. The smallest absolute Gasteiger partial charge is 0 e. The molecule has 0 fully saturated rings. The predicted molar refractivity (Wildman–Crippen MR) is 93.1 cm³/mol. The van der Waals surface area contributed by atoms with E-state index in [-0.39, 0.29) is 40.0 Å². The maximum Gasteiger partial charge on any atom is 0 e. The van der Waals surface area contributed by atoms with Crippen molar-refractivity contribution in [1.29, 1.82) is 0 Å². The van der Waals surface area contributed by atoms with Crippen molar-refractivity contribution in [3.05, 3.63) is 102 Å². The van der Waals surface area contributed by atoms with E-state index in [2.05, 4.69) is 84.9 Å². The van der Waals surface area contributed by atoms with E-state index in [0.29, 0.717) is 0 Å². The van der Waals surface area contributed by atoms with Gasteiger partial charge in [-0.3, -0.25) is 0 Å². The Labute approximate surface area is 170 Å². The van der Waals surface area contributed by atoms with Gasteiger partial charge in [-0.15, -0.1) is 35.2 Å². The van der Waals surface area contributed by atoms with Crippen molar-refractivity contribution in [1.82, 2.24) is 0 Å². The molecule has 0 heterocycles. The van der Waals surface area contributed by atoms with Crippen molar-refractivity contribution in [3.63, 3.8) is 0 Å². The van der Waals surface area contributed by atoms with Crippen LogP contribution in [0.1, 0.15) is 11.1 Å². The summed E-state index contributed by atoms with van der Waals surface area (Å²) in [6.45, 7) is 0. The van der Waals surface area contributed by atoms with E-state index in [4.69, 9.17) is 0 Å². The summed E-state index contributed by atoms with van der Waals surface area (Å²) in [5, 5.41) is 2.66. The predicted octanol–water partition coefficient (Wildman–Crippen LogP) is -3.37. The summed E-state index contributed by atoms with van der Waals surface area (Å²) in [6, 6.07) is 32.8. The van der Waals surface area contributed by atoms with Crippen molar-refractivity contribution in [2.24, 2.45) is 0 Å². The van der Waals surface area contributed by atoms with E-state index in [1.165, 1.54) is 33.0 Å². The Hall–Kier alpha value is -2.07. The minimum atomic E-state index is 0. The van der Waals surface area contributed by atoms with Crippen LogP contribution in [0.3, 0.4) is 0 Å². The normalized spacial score (nSPS) is 9.69. The van der Waals surface area contributed by atoms with Gasteiger partial charge in [0.05, 0.1) is 0 Å². The third-order valence-corrected chi connectivity index (χ3v) is 4.16. The van der Waals surface area contributed by atoms with Gasteiger partial charge in [0.25, 0.3) is 0 Å². The van der Waals surface area contributed by atoms with Gasteiger partial charge in [-0.2, -0.15) is 47.3 Å². The molecule has 1 aliphatic carbocycles. The fourth-order valence-electron chi connectivity index (χ4n) is 3.07.